The van der Waals surface area contributed by atoms with Gasteiger partial charge < -0.3 is 4.57 Å². The zero-order valence-corrected chi connectivity index (χ0v) is 18.0. The SMILES string of the molecule is Cc1ccc(C(=O)c2c(C)cc(CNS(=O)(=O)Cc3ccccc3)n2C)c(C)c1. The molecular formula is C23H26N2O3S. The van der Waals surface area contributed by atoms with E-state index in [0.717, 1.165) is 27.9 Å². The molecule has 3 rings (SSSR count). The van der Waals surface area contributed by atoms with Gasteiger partial charge >= 0.3 is 0 Å². The van der Waals surface area contributed by atoms with Crippen LogP contribution in [0.4, 0.5) is 0 Å². The van der Waals surface area contributed by atoms with Gasteiger partial charge in [-0.25, -0.2) is 13.1 Å². The number of carbonyl (C=O) groups is 1. The minimum Gasteiger partial charge on any atom is -0.343 e. The molecule has 152 valence electrons. The first-order valence-electron chi connectivity index (χ1n) is 9.46. The molecule has 1 heterocycles. The number of hydrogen-bond acceptors (Lipinski definition) is 3. The van der Waals surface area contributed by atoms with E-state index in [0.29, 0.717) is 11.3 Å². The Morgan fingerprint density at radius 3 is 2.31 bits per heavy atom. The minimum absolute atomic E-state index is 0.0547. The van der Waals surface area contributed by atoms with Gasteiger partial charge in [0.25, 0.3) is 0 Å². The van der Waals surface area contributed by atoms with Gasteiger partial charge in [0.1, 0.15) is 0 Å². The van der Waals surface area contributed by atoms with Crippen molar-refractivity contribution in [2.24, 2.45) is 7.05 Å². The van der Waals surface area contributed by atoms with Crippen molar-refractivity contribution in [2.45, 2.75) is 33.1 Å². The zero-order chi connectivity index (χ0) is 21.2. The second-order valence-corrected chi connectivity index (χ2v) is 9.25. The second-order valence-electron chi connectivity index (χ2n) is 7.44. The molecule has 5 nitrogen and oxygen atoms in total. The molecule has 3 aromatic rings. The number of hydrogen-bond donors (Lipinski definition) is 1. The Labute approximate surface area is 172 Å². The van der Waals surface area contributed by atoms with Crippen molar-refractivity contribution in [1.82, 2.24) is 9.29 Å². The quantitative estimate of drug-likeness (QED) is 0.603. The summed E-state index contributed by atoms with van der Waals surface area (Å²) in [6.07, 6.45) is 0. The third-order valence-corrected chi connectivity index (χ3v) is 6.33. The molecular weight excluding hydrogens is 384 g/mol. The van der Waals surface area contributed by atoms with E-state index in [-0.39, 0.29) is 18.1 Å². The molecule has 0 aliphatic rings. The number of carbonyl (C=O) groups excluding carboxylic acids is 1. The zero-order valence-electron chi connectivity index (χ0n) is 17.2. The van der Waals surface area contributed by atoms with Gasteiger partial charge in [-0.2, -0.15) is 0 Å². The predicted octanol–water partition coefficient (Wildman–Crippen LogP) is 3.80. The summed E-state index contributed by atoms with van der Waals surface area (Å²) in [7, 11) is -1.69. The average molecular weight is 411 g/mol. The summed E-state index contributed by atoms with van der Waals surface area (Å²) >= 11 is 0. The third kappa shape index (κ3) is 4.83. The monoisotopic (exact) mass is 410 g/mol. The Morgan fingerprint density at radius 1 is 0.966 bits per heavy atom. The first-order valence-corrected chi connectivity index (χ1v) is 11.1. The van der Waals surface area contributed by atoms with Crippen molar-refractivity contribution in [3.63, 3.8) is 0 Å². The van der Waals surface area contributed by atoms with Gasteiger partial charge in [0.05, 0.1) is 18.0 Å². The maximum atomic E-state index is 13.1. The fourth-order valence-electron chi connectivity index (χ4n) is 3.55. The van der Waals surface area contributed by atoms with Crippen molar-refractivity contribution in [1.29, 1.82) is 0 Å². The summed E-state index contributed by atoms with van der Waals surface area (Å²) in [5.41, 5.74) is 5.58. The molecule has 0 saturated carbocycles. The van der Waals surface area contributed by atoms with Crippen LogP contribution >= 0.6 is 0 Å². The Bertz CT molecular complexity index is 1150. The van der Waals surface area contributed by atoms with E-state index in [2.05, 4.69) is 4.72 Å². The summed E-state index contributed by atoms with van der Waals surface area (Å²) in [5.74, 6) is -0.133. The van der Waals surface area contributed by atoms with Crippen LogP contribution in [0.3, 0.4) is 0 Å². The van der Waals surface area contributed by atoms with Crippen LogP contribution in [-0.2, 0) is 29.4 Å². The smallest absolute Gasteiger partial charge is 0.216 e. The third-order valence-electron chi connectivity index (χ3n) is 5.04. The molecule has 2 aromatic carbocycles. The molecule has 6 heteroatoms. The molecule has 0 unspecified atom stereocenters. The number of aryl methyl sites for hydroxylation is 3. The van der Waals surface area contributed by atoms with Crippen LogP contribution in [0.25, 0.3) is 0 Å². The van der Waals surface area contributed by atoms with E-state index in [1.54, 1.807) is 23.7 Å². The van der Waals surface area contributed by atoms with Gasteiger partial charge in [0.15, 0.2) is 0 Å². The van der Waals surface area contributed by atoms with E-state index in [1.807, 2.05) is 63.2 Å². The van der Waals surface area contributed by atoms with Crippen LogP contribution in [0.2, 0.25) is 0 Å². The lowest BCUT2D eigenvalue weighted by Crippen LogP contribution is -2.26. The van der Waals surface area contributed by atoms with E-state index in [4.69, 9.17) is 0 Å². The van der Waals surface area contributed by atoms with E-state index in [9.17, 15) is 13.2 Å². The van der Waals surface area contributed by atoms with Crippen molar-refractivity contribution in [3.05, 3.63) is 93.8 Å². The van der Waals surface area contributed by atoms with Gasteiger partial charge in [-0.3, -0.25) is 4.79 Å². The number of nitrogens with zero attached hydrogens (tertiary/aromatic N) is 1. The number of ketones is 1. The van der Waals surface area contributed by atoms with Crippen molar-refractivity contribution >= 4 is 15.8 Å². The lowest BCUT2D eigenvalue weighted by Gasteiger charge is -2.11. The predicted molar refractivity (Wildman–Crippen MR) is 115 cm³/mol. The van der Waals surface area contributed by atoms with Crippen LogP contribution in [0.1, 0.15) is 44.0 Å². The Balaban J connectivity index is 1.80. The normalized spacial score (nSPS) is 11.6. The molecule has 0 bridgehead atoms. The molecule has 1 N–H and O–H groups in total. The van der Waals surface area contributed by atoms with Crippen LogP contribution in [0, 0.1) is 20.8 Å². The van der Waals surface area contributed by atoms with Crippen LogP contribution in [-0.4, -0.2) is 18.8 Å². The molecule has 0 radical (unpaired) electrons. The first kappa shape index (κ1) is 21.0. The fraction of sp³-hybridized carbons (Fsp3) is 0.261. The van der Waals surface area contributed by atoms with Crippen LogP contribution < -0.4 is 4.72 Å². The Hall–Kier alpha value is -2.70. The summed E-state index contributed by atoms with van der Waals surface area (Å²) < 4.78 is 29.3. The number of nitrogens with one attached hydrogen (secondary N) is 1. The second kappa shape index (κ2) is 8.35. The topological polar surface area (TPSA) is 68.2 Å². The van der Waals surface area contributed by atoms with Gasteiger partial charge in [-0.05, 0) is 43.5 Å². The van der Waals surface area contributed by atoms with Gasteiger partial charge in [0, 0.05) is 18.3 Å². The molecule has 0 fully saturated rings. The molecule has 0 atom stereocenters. The highest BCUT2D eigenvalue weighted by atomic mass is 32.2. The highest BCUT2D eigenvalue weighted by Crippen LogP contribution is 2.21. The van der Waals surface area contributed by atoms with Gasteiger partial charge in [-0.15, -0.1) is 0 Å². The van der Waals surface area contributed by atoms with Crippen LogP contribution in [0.15, 0.2) is 54.6 Å². The van der Waals surface area contributed by atoms with E-state index >= 15 is 0 Å². The standard InChI is InChI=1S/C23H26N2O3S/c1-16-10-11-21(17(2)12-16)23(26)22-18(3)13-20(25(22)4)14-24-29(27,28)15-19-8-6-5-7-9-19/h5-13,24H,14-15H2,1-4H3. The van der Waals surface area contributed by atoms with Crippen molar-refractivity contribution < 1.29 is 13.2 Å². The minimum atomic E-state index is -3.49. The summed E-state index contributed by atoms with van der Waals surface area (Å²) in [6, 6.07) is 16.7. The van der Waals surface area contributed by atoms with E-state index in [1.165, 1.54) is 0 Å². The molecule has 0 aliphatic carbocycles. The van der Waals surface area contributed by atoms with E-state index < -0.39 is 10.0 Å². The van der Waals surface area contributed by atoms with Gasteiger partial charge in [0.2, 0.25) is 15.8 Å². The molecule has 1 aromatic heterocycles. The first-order chi connectivity index (χ1) is 13.7. The molecule has 29 heavy (non-hydrogen) atoms. The van der Waals surface area contributed by atoms with Crippen molar-refractivity contribution in [2.75, 3.05) is 0 Å². The largest absolute Gasteiger partial charge is 0.343 e. The molecule has 0 spiro atoms. The van der Waals surface area contributed by atoms with Crippen LogP contribution in [0.5, 0.6) is 0 Å². The lowest BCUT2D eigenvalue weighted by molar-refractivity contribution is 0.103. The summed E-state index contributed by atoms with van der Waals surface area (Å²) in [4.78, 5) is 13.1. The van der Waals surface area contributed by atoms with Gasteiger partial charge in [-0.1, -0.05) is 54.1 Å². The number of rotatable bonds is 7. The highest BCUT2D eigenvalue weighted by molar-refractivity contribution is 7.88. The maximum absolute atomic E-state index is 13.1. The average Bonchev–Trinajstić information content (AvgIpc) is 2.93. The highest BCUT2D eigenvalue weighted by Gasteiger charge is 2.21. The summed E-state index contributed by atoms with van der Waals surface area (Å²) in [5, 5.41) is 0. The fourth-order valence-corrected chi connectivity index (χ4v) is 4.65. The number of sulfonamides is 1. The molecule has 0 saturated heterocycles. The Kier molecular flexibility index (Phi) is 6.05. The Morgan fingerprint density at radius 2 is 1.66 bits per heavy atom. The molecule has 0 aliphatic heterocycles. The van der Waals surface area contributed by atoms with Crippen molar-refractivity contribution in [3.8, 4) is 0 Å². The lowest BCUT2D eigenvalue weighted by atomic mass is 9.99. The number of benzene rings is 2. The maximum Gasteiger partial charge on any atom is 0.216 e. The summed E-state index contributed by atoms with van der Waals surface area (Å²) in [6.45, 7) is 5.93. The molecule has 0 amide bonds. The number of aromatic nitrogens is 1.